The molecule has 0 aliphatic carbocycles. The van der Waals surface area contributed by atoms with E-state index in [1.807, 2.05) is 6.08 Å². The lowest BCUT2D eigenvalue weighted by Crippen LogP contribution is -2.61. The first kappa shape index (κ1) is 68.4. The van der Waals surface area contributed by atoms with Crippen LogP contribution in [0, 0.1) is 0 Å². The fraction of sp³-hybridized carbons (Fsp3) is 0.806. The molecule has 6 N–H and O–H groups in total. The number of carbonyl (C=O) groups excluding carboxylic acids is 2. The van der Waals surface area contributed by atoms with Crippen molar-refractivity contribution >= 4 is 11.9 Å². The second kappa shape index (κ2) is 50.2. The van der Waals surface area contributed by atoms with Crippen LogP contribution in [0.1, 0.15) is 258 Å². The summed E-state index contributed by atoms with van der Waals surface area (Å²) in [6.07, 6.45) is 51.1. The number of ether oxygens (including phenoxy) is 3. The maximum Gasteiger partial charge on any atom is 0.306 e. The number of rotatable bonds is 50. The lowest BCUT2D eigenvalue weighted by molar-refractivity contribution is -0.305. The Morgan fingerprint density at radius 2 is 0.945 bits per heavy atom. The van der Waals surface area contributed by atoms with Crippen molar-refractivity contribution in [2.75, 3.05) is 13.2 Å². The van der Waals surface area contributed by atoms with Gasteiger partial charge in [-0.25, -0.2) is 0 Å². The molecule has 0 saturated carbocycles. The van der Waals surface area contributed by atoms with E-state index >= 15 is 0 Å². The van der Waals surface area contributed by atoms with Crippen LogP contribution >= 0.6 is 0 Å². The lowest BCUT2D eigenvalue weighted by atomic mass is 9.99. The summed E-state index contributed by atoms with van der Waals surface area (Å²) in [4.78, 5) is 26.5. The predicted octanol–water partition coefficient (Wildman–Crippen LogP) is 13.8. The fourth-order valence-electron chi connectivity index (χ4n) is 9.06. The van der Waals surface area contributed by atoms with E-state index in [0.717, 1.165) is 89.9 Å². The van der Waals surface area contributed by atoms with Gasteiger partial charge in [0, 0.05) is 6.42 Å². The normalized spacial score (nSPS) is 19.8. The van der Waals surface area contributed by atoms with Gasteiger partial charge in [0.15, 0.2) is 12.4 Å². The molecule has 0 spiro atoms. The molecule has 11 heteroatoms. The van der Waals surface area contributed by atoms with E-state index in [9.17, 15) is 35.1 Å². The van der Waals surface area contributed by atoms with Gasteiger partial charge in [0.25, 0.3) is 0 Å². The van der Waals surface area contributed by atoms with Crippen LogP contribution in [-0.2, 0) is 23.8 Å². The first-order chi connectivity index (χ1) is 35.7. The first-order valence-electron chi connectivity index (χ1n) is 30.1. The van der Waals surface area contributed by atoms with Gasteiger partial charge in [-0.15, -0.1) is 0 Å². The molecule has 0 aromatic heterocycles. The van der Waals surface area contributed by atoms with Crippen LogP contribution in [-0.4, -0.2) is 99.6 Å². The molecule has 1 fully saturated rings. The average Bonchev–Trinajstić information content (AvgIpc) is 3.39. The van der Waals surface area contributed by atoms with Gasteiger partial charge in [-0.3, -0.25) is 9.59 Å². The van der Waals surface area contributed by atoms with Crippen LogP contribution < -0.4 is 5.32 Å². The predicted molar refractivity (Wildman–Crippen MR) is 301 cm³/mol. The molecule has 0 aromatic rings. The molecule has 8 unspecified atom stereocenters. The van der Waals surface area contributed by atoms with Gasteiger partial charge >= 0.3 is 5.97 Å². The second-order valence-corrected chi connectivity index (χ2v) is 20.7. The Morgan fingerprint density at radius 1 is 0.534 bits per heavy atom. The molecular formula is C62H111NO10. The zero-order chi connectivity index (χ0) is 53.3. The Bertz CT molecular complexity index is 1420. The zero-order valence-electron chi connectivity index (χ0n) is 46.7. The van der Waals surface area contributed by atoms with E-state index in [1.165, 1.54) is 122 Å². The van der Waals surface area contributed by atoms with Crippen molar-refractivity contribution < 1.29 is 49.3 Å². The van der Waals surface area contributed by atoms with Gasteiger partial charge in [-0.2, -0.15) is 0 Å². The molecule has 11 nitrogen and oxygen atoms in total. The molecule has 1 amide bonds. The average molecular weight is 1030 g/mol. The molecule has 0 bridgehead atoms. The summed E-state index contributed by atoms with van der Waals surface area (Å²) >= 11 is 0. The van der Waals surface area contributed by atoms with Crippen molar-refractivity contribution in [3.63, 3.8) is 0 Å². The Labute approximate surface area is 446 Å². The van der Waals surface area contributed by atoms with E-state index in [2.05, 4.69) is 74.7 Å². The van der Waals surface area contributed by atoms with Crippen molar-refractivity contribution in [1.29, 1.82) is 0 Å². The van der Waals surface area contributed by atoms with Gasteiger partial charge in [-0.05, 0) is 89.9 Å². The maximum absolute atomic E-state index is 13.4. The summed E-state index contributed by atoms with van der Waals surface area (Å²) in [5.74, 6) is -1.22. The molecule has 1 rings (SSSR count). The zero-order valence-corrected chi connectivity index (χ0v) is 46.7. The number of hydrogen-bond donors (Lipinski definition) is 6. The summed E-state index contributed by atoms with van der Waals surface area (Å²) in [7, 11) is 0. The second-order valence-electron chi connectivity index (χ2n) is 20.7. The molecule has 0 radical (unpaired) electrons. The van der Waals surface area contributed by atoms with Crippen LogP contribution in [0.25, 0.3) is 0 Å². The van der Waals surface area contributed by atoms with Crippen molar-refractivity contribution in [3.8, 4) is 0 Å². The highest BCUT2D eigenvalue weighted by molar-refractivity contribution is 5.80. The Kier molecular flexibility index (Phi) is 47.0. The monoisotopic (exact) mass is 1030 g/mol. The summed E-state index contributed by atoms with van der Waals surface area (Å²) < 4.78 is 17.6. The number of aliphatic hydroxyl groups is 5. The molecule has 0 aromatic carbocycles. The summed E-state index contributed by atoms with van der Waals surface area (Å²) in [5.41, 5.74) is 0. The van der Waals surface area contributed by atoms with E-state index in [1.54, 1.807) is 6.08 Å². The topological polar surface area (TPSA) is 175 Å². The smallest absolute Gasteiger partial charge is 0.306 e. The largest absolute Gasteiger partial charge is 0.454 e. The van der Waals surface area contributed by atoms with Crippen molar-refractivity contribution in [1.82, 2.24) is 5.32 Å². The van der Waals surface area contributed by atoms with E-state index in [0.29, 0.717) is 12.8 Å². The minimum Gasteiger partial charge on any atom is -0.454 e. The number of allylic oxidation sites excluding steroid dienone is 9. The van der Waals surface area contributed by atoms with Gasteiger partial charge in [0.2, 0.25) is 5.91 Å². The van der Waals surface area contributed by atoms with E-state index < -0.39 is 67.4 Å². The molecule has 73 heavy (non-hydrogen) atoms. The molecular weight excluding hydrogens is 919 g/mol. The Hall–Kier alpha value is -2.64. The van der Waals surface area contributed by atoms with Crippen LogP contribution in [0.5, 0.6) is 0 Å². The number of amides is 1. The van der Waals surface area contributed by atoms with Crippen molar-refractivity contribution in [2.45, 2.75) is 307 Å². The van der Waals surface area contributed by atoms with Gasteiger partial charge in [0.05, 0.1) is 25.4 Å². The van der Waals surface area contributed by atoms with Crippen molar-refractivity contribution in [3.05, 3.63) is 60.8 Å². The Balaban J connectivity index is 2.73. The fourth-order valence-corrected chi connectivity index (χ4v) is 9.06. The third-order valence-corrected chi connectivity index (χ3v) is 13.9. The minimum atomic E-state index is -1.62. The highest BCUT2D eigenvalue weighted by Crippen LogP contribution is 2.26. The molecule has 1 saturated heterocycles. The number of aliphatic hydroxyl groups excluding tert-OH is 5. The van der Waals surface area contributed by atoms with Crippen LogP contribution in [0.2, 0.25) is 0 Å². The summed E-state index contributed by atoms with van der Waals surface area (Å²) in [6.45, 7) is 5.73. The van der Waals surface area contributed by atoms with E-state index in [4.69, 9.17) is 14.2 Å². The lowest BCUT2D eigenvalue weighted by Gasteiger charge is -2.41. The van der Waals surface area contributed by atoms with Gasteiger partial charge in [-0.1, -0.05) is 223 Å². The third kappa shape index (κ3) is 38.5. The number of unbranched alkanes of at least 4 members (excludes halogenated alkanes) is 28. The van der Waals surface area contributed by atoms with E-state index in [-0.39, 0.29) is 19.4 Å². The quantitative estimate of drug-likeness (QED) is 0.0195. The maximum atomic E-state index is 13.4. The highest BCUT2D eigenvalue weighted by Gasteiger charge is 2.47. The minimum absolute atomic E-state index is 0.101. The third-order valence-electron chi connectivity index (χ3n) is 13.9. The highest BCUT2D eigenvalue weighted by atomic mass is 16.7. The SMILES string of the molecule is CCCCC/C=C\C/C=C\C/C=C\CCCCCCCC(O)C(=O)NC(COC1OC(CO)C(O)C(O)C1OC(=O)CCCCC/C=C\CCCCCCCCC)C(O)/C=C/CCCCCCCCCCCC. The number of esters is 1. The number of hydrogen-bond acceptors (Lipinski definition) is 10. The van der Waals surface area contributed by atoms with Crippen LogP contribution in [0.4, 0.5) is 0 Å². The summed E-state index contributed by atoms with van der Waals surface area (Å²) in [6, 6.07) is -1.03. The van der Waals surface area contributed by atoms with Crippen molar-refractivity contribution in [2.24, 2.45) is 0 Å². The Morgan fingerprint density at radius 3 is 1.45 bits per heavy atom. The molecule has 8 atom stereocenters. The molecule has 1 aliphatic rings. The standard InChI is InChI=1S/C62H111NO10/c1-4-7-10-13-16-19-22-25-27-28-29-30-31-34-37-40-43-46-49-55(66)61(70)63-53(54(65)48-45-42-39-36-33-24-21-18-15-12-9-6-3)52-71-62-60(59(69)58(68)56(51-64)72-62)73-57(67)50-47-44-41-38-35-32-26-23-20-17-14-11-8-5-2/h16,19,25,27,29-30,32,35,45,48,53-56,58-60,62,64-66,68-69H,4-15,17-18,20-24,26,28,31,33-34,36-44,46-47,49-52H2,1-3H3,(H,63,70)/b19-16-,27-25-,30-29-,35-32-,48-45+. The van der Waals surface area contributed by atoms with Gasteiger partial charge in [0.1, 0.15) is 24.4 Å². The molecule has 1 aliphatic heterocycles. The number of nitrogens with one attached hydrogen (secondary N) is 1. The molecule has 424 valence electrons. The molecule has 1 heterocycles. The van der Waals surface area contributed by atoms with Crippen LogP contribution in [0.15, 0.2) is 60.8 Å². The first-order valence-corrected chi connectivity index (χ1v) is 30.1. The summed E-state index contributed by atoms with van der Waals surface area (Å²) in [5, 5.41) is 56.9. The van der Waals surface area contributed by atoms with Gasteiger partial charge < -0.3 is 45.1 Å². The van der Waals surface area contributed by atoms with Crippen LogP contribution in [0.3, 0.4) is 0 Å². The number of carbonyl (C=O) groups is 2.